The van der Waals surface area contributed by atoms with Crippen LogP contribution in [0.3, 0.4) is 0 Å². The number of amides is 1. The molecule has 3 heterocycles. The summed E-state index contributed by atoms with van der Waals surface area (Å²) in [5, 5.41) is 0. The summed E-state index contributed by atoms with van der Waals surface area (Å²) < 4.78 is 31.7. The molecule has 8 heteroatoms. The lowest BCUT2D eigenvalue weighted by molar-refractivity contribution is 0.0757. The molecule has 1 aromatic carbocycles. The topological polar surface area (TPSA) is 74.7 Å². The summed E-state index contributed by atoms with van der Waals surface area (Å²) in [6.45, 7) is 9.28. The molecule has 0 bridgehead atoms. The molecule has 0 atom stereocenters. The lowest BCUT2D eigenvalue weighted by Crippen LogP contribution is -2.33. The monoisotopic (exact) mass is 486 g/mol. The van der Waals surface area contributed by atoms with Gasteiger partial charge in [-0.1, -0.05) is 19.8 Å². The molecule has 4 rings (SSSR count). The van der Waals surface area contributed by atoms with E-state index >= 15 is 0 Å². The number of nitrogens with zero attached hydrogens (tertiary/aromatic N) is 3. The minimum atomic E-state index is -3.95. The Labute approximate surface area is 204 Å². The highest BCUT2D eigenvalue weighted by molar-refractivity contribution is 7.92. The fourth-order valence-corrected chi connectivity index (χ4v) is 6.72. The third kappa shape index (κ3) is 4.97. The number of likely N-dealkylation sites (tertiary alicyclic amines) is 1. The Balaban J connectivity index is 1.59. The van der Waals surface area contributed by atoms with Gasteiger partial charge in [0.1, 0.15) is 4.90 Å². The molecule has 2 aliphatic heterocycles. The Hall–Kier alpha value is -2.48. The zero-order valence-electron chi connectivity index (χ0n) is 20.9. The average molecular weight is 487 g/mol. The third-order valence-electron chi connectivity index (χ3n) is 7.57. The van der Waals surface area contributed by atoms with E-state index in [1.807, 2.05) is 43.1 Å². The maximum absolute atomic E-state index is 13.6. The molecule has 0 aliphatic carbocycles. The molecular weight excluding hydrogens is 448 g/mol. The first-order valence-electron chi connectivity index (χ1n) is 12.5. The van der Waals surface area contributed by atoms with Crippen LogP contribution in [0.2, 0.25) is 0 Å². The molecule has 1 aromatic heterocycles. The first-order valence-corrected chi connectivity index (χ1v) is 14.0. The van der Waals surface area contributed by atoms with Crippen molar-refractivity contribution < 1.29 is 13.2 Å². The lowest BCUT2D eigenvalue weighted by atomic mass is 9.99. The molecule has 2 saturated heterocycles. The van der Waals surface area contributed by atoms with Gasteiger partial charge in [0.25, 0.3) is 15.9 Å². The van der Waals surface area contributed by atoms with Crippen LogP contribution in [0, 0.1) is 19.8 Å². The molecule has 2 aromatic rings. The molecule has 0 saturated carbocycles. The van der Waals surface area contributed by atoms with Crippen molar-refractivity contribution in [1.29, 1.82) is 0 Å². The SMILES string of the molecule is Cc1c(C(=O)N2CCCCCC2)c(S(=O)(=O)Nc2ccc(N3CCC(C)CC3)cc2)c(C)n1C. The third-order valence-corrected chi connectivity index (χ3v) is 9.11. The predicted octanol–water partition coefficient (Wildman–Crippen LogP) is 4.70. The van der Waals surface area contributed by atoms with Gasteiger partial charge in [-0.2, -0.15) is 0 Å². The largest absolute Gasteiger partial charge is 0.372 e. The molecule has 0 unspecified atom stereocenters. The second kappa shape index (κ2) is 10.0. The van der Waals surface area contributed by atoms with Crippen molar-refractivity contribution in [2.24, 2.45) is 13.0 Å². The normalized spacial score (nSPS) is 18.1. The van der Waals surface area contributed by atoms with Crippen molar-refractivity contribution in [3.63, 3.8) is 0 Å². The van der Waals surface area contributed by atoms with Gasteiger partial charge < -0.3 is 14.4 Å². The van der Waals surface area contributed by atoms with Gasteiger partial charge in [-0.25, -0.2) is 8.42 Å². The summed E-state index contributed by atoms with van der Waals surface area (Å²) in [6, 6.07) is 7.57. The summed E-state index contributed by atoms with van der Waals surface area (Å²) in [4.78, 5) is 17.8. The van der Waals surface area contributed by atoms with Gasteiger partial charge in [0, 0.05) is 56.0 Å². The smallest absolute Gasteiger partial charge is 0.264 e. The maximum Gasteiger partial charge on any atom is 0.264 e. The Morgan fingerprint density at radius 2 is 1.50 bits per heavy atom. The zero-order chi connectivity index (χ0) is 24.5. The number of carbonyl (C=O) groups is 1. The molecule has 0 spiro atoms. The number of hydrogen-bond acceptors (Lipinski definition) is 4. The standard InChI is InChI=1S/C26H38N4O3S/c1-19-13-17-29(18-14-19)23-11-9-22(10-12-23)27-34(32,33)25-21(3)28(4)20(2)24(25)26(31)30-15-7-5-6-8-16-30/h9-12,19,27H,5-8,13-18H2,1-4H3. The number of piperidine rings is 1. The van der Waals surface area contributed by atoms with Crippen LogP contribution in [0.5, 0.6) is 0 Å². The number of aromatic nitrogens is 1. The van der Waals surface area contributed by atoms with E-state index < -0.39 is 10.0 Å². The minimum absolute atomic E-state index is 0.0934. The van der Waals surface area contributed by atoms with Crippen molar-refractivity contribution >= 4 is 27.3 Å². The molecule has 186 valence electrons. The number of anilines is 2. The van der Waals surface area contributed by atoms with E-state index in [4.69, 9.17) is 0 Å². The van der Waals surface area contributed by atoms with E-state index in [-0.39, 0.29) is 10.8 Å². The highest BCUT2D eigenvalue weighted by atomic mass is 32.2. The van der Waals surface area contributed by atoms with Gasteiger partial charge in [0.05, 0.1) is 5.56 Å². The highest BCUT2D eigenvalue weighted by Crippen LogP contribution is 2.31. The highest BCUT2D eigenvalue weighted by Gasteiger charge is 2.33. The van der Waals surface area contributed by atoms with Crippen LogP contribution in [0.25, 0.3) is 0 Å². The van der Waals surface area contributed by atoms with Gasteiger partial charge in [-0.05, 0) is 69.7 Å². The van der Waals surface area contributed by atoms with Crippen molar-refractivity contribution in [3.05, 3.63) is 41.2 Å². The lowest BCUT2D eigenvalue weighted by Gasteiger charge is -2.32. The Kier molecular flexibility index (Phi) is 7.26. The summed E-state index contributed by atoms with van der Waals surface area (Å²) in [5.41, 5.74) is 3.17. The Morgan fingerprint density at radius 3 is 2.09 bits per heavy atom. The van der Waals surface area contributed by atoms with Crippen molar-refractivity contribution in [2.75, 3.05) is 35.8 Å². The van der Waals surface area contributed by atoms with Crippen LogP contribution in [0.1, 0.15) is 67.2 Å². The van der Waals surface area contributed by atoms with Gasteiger partial charge in [-0.3, -0.25) is 9.52 Å². The van der Waals surface area contributed by atoms with E-state index in [2.05, 4.69) is 16.5 Å². The number of hydrogen-bond donors (Lipinski definition) is 1. The molecule has 1 N–H and O–H groups in total. The van der Waals surface area contributed by atoms with Gasteiger partial charge in [0.2, 0.25) is 0 Å². The number of carbonyl (C=O) groups excluding carboxylic acids is 1. The van der Waals surface area contributed by atoms with E-state index in [9.17, 15) is 13.2 Å². The molecule has 7 nitrogen and oxygen atoms in total. The Morgan fingerprint density at radius 1 is 0.912 bits per heavy atom. The molecular formula is C26H38N4O3S. The fourth-order valence-electron chi connectivity index (χ4n) is 5.14. The van der Waals surface area contributed by atoms with Crippen LogP contribution >= 0.6 is 0 Å². The van der Waals surface area contributed by atoms with Crippen LogP contribution in [-0.4, -0.2) is 50.0 Å². The average Bonchev–Trinajstić information content (AvgIpc) is 3.00. The van der Waals surface area contributed by atoms with Gasteiger partial charge in [-0.15, -0.1) is 0 Å². The number of sulfonamides is 1. The van der Waals surface area contributed by atoms with Crippen LogP contribution in [0.4, 0.5) is 11.4 Å². The number of benzene rings is 1. The molecule has 0 radical (unpaired) electrons. The van der Waals surface area contributed by atoms with Crippen molar-refractivity contribution in [1.82, 2.24) is 9.47 Å². The summed E-state index contributed by atoms with van der Waals surface area (Å²) in [7, 11) is -2.13. The molecule has 2 aliphatic rings. The van der Waals surface area contributed by atoms with Crippen LogP contribution in [-0.2, 0) is 17.1 Å². The van der Waals surface area contributed by atoms with Crippen molar-refractivity contribution in [2.45, 2.75) is 64.2 Å². The van der Waals surface area contributed by atoms with E-state index in [1.165, 1.54) is 12.8 Å². The summed E-state index contributed by atoms with van der Waals surface area (Å²) in [5.74, 6) is 0.573. The van der Waals surface area contributed by atoms with Crippen molar-refractivity contribution in [3.8, 4) is 0 Å². The summed E-state index contributed by atoms with van der Waals surface area (Å²) in [6.07, 6.45) is 6.48. The Bertz CT molecular complexity index is 1120. The van der Waals surface area contributed by atoms with Gasteiger partial charge >= 0.3 is 0 Å². The number of nitrogens with one attached hydrogen (secondary N) is 1. The molecule has 2 fully saturated rings. The van der Waals surface area contributed by atoms with Gasteiger partial charge in [0.15, 0.2) is 0 Å². The minimum Gasteiger partial charge on any atom is -0.372 e. The van der Waals surface area contributed by atoms with E-state index in [1.54, 1.807) is 11.5 Å². The quantitative estimate of drug-likeness (QED) is 0.665. The maximum atomic E-state index is 13.6. The first kappa shape index (κ1) is 24.6. The summed E-state index contributed by atoms with van der Waals surface area (Å²) >= 11 is 0. The molecule has 34 heavy (non-hydrogen) atoms. The zero-order valence-corrected chi connectivity index (χ0v) is 21.7. The second-order valence-corrected chi connectivity index (χ2v) is 11.6. The van der Waals surface area contributed by atoms with Crippen LogP contribution in [0.15, 0.2) is 29.2 Å². The number of rotatable bonds is 5. The second-order valence-electron chi connectivity index (χ2n) is 9.96. The van der Waals surface area contributed by atoms with Crippen LogP contribution < -0.4 is 9.62 Å². The van der Waals surface area contributed by atoms with E-state index in [0.29, 0.717) is 35.7 Å². The fraction of sp³-hybridized carbons (Fsp3) is 0.577. The predicted molar refractivity (Wildman–Crippen MR) is 137 cm³/mol. The van der Waals surface area contributed by atoms with E-state index in [0.717, 1.165) is 50.4 Å². The molecule has 1 amide bonds. The first-order chi connectivity index (χ1) is 16.2.